The van der Waals surface area contributed by atoms with Crippen LogP contribution >= 0.6 is 15.8 Å². The summed E-state index contributed by atoms with van der Waals surface area (Å²) in [4.78, 5) is 17.8. The van der Waals surface area contributed by atoms with Gasteiger partial charge in [0, 0.05) is 23.1 Å². The fraction of sp³-hybridized carbons (Fsp3) is 0.179. The zero-order valence-corrected chi connectivity index (χ0v) is 41.6. The van der Waals surface area contributed by atoms with Crippen LogP contribution in [0, 0.1) is 55.4 Å². The summed E-state index contributed by atoms with van der Waals surface area (Å²) in [5.41, 5.74) is 13.3. The largest absolute Gasteiger partial charge is 2.00 e. The Labute approximate surface area is 388 Å². The van der Waals surface area contributed by atoms with Gasteiger partial charge in [-0.2, -0.15) is 0 Å². The number of fused-ring (bicyclic) bond motifs is 2. The number of carbonyl (C=O) groups excluding carboxylic acids is 2. The third-order valence-corrected chi connectivity index (χ3v) is 16.1. The second-order valence-corrected chi connectivity index (χ2v) is 21.5. The molecular formula is C56H56O4P2Ru+2. The molecule has 0 aliphatic heterocycles. The average Bonchev–Trinajstić information content (AvgIpc) is 3.16. The second kappa shape index (κ2) is 21.4. The van der Waals surface area contributed by atoms with Crippen LogP contribution in [-0.4, -0.2) is 11.9 Å². The smallest absolute Gasteiger partial charge is 0.550 e. The van der Waals surface area contributed by atoms with Crippen molar-refractivity contribution in [3.05, 3.63) is 190 Å². The van der Waals surface area contributed by atoms with E-state index in [2.05, 4.69) is 201 Å². The normalized spacial score (nSPS) is 10.8. The van der Waals surface area contributed by atoms with Crippen molar-refractivity contribution in [1.29, 1.82) is 0 Å². The summed E-state index contributed by atoms with van der Waals surface area (Å²) < 4.78 is 0. The standard InChI is InChI=1S/C52H48P2.2C2H4O2.Ru/c1-33-21-34(2)26-43(25-33)53(44-27-35(3)22-36(4)28-44)49-19-17-41-13-9-11-15-47(41)51(49)52-48-16-12-10-14-42(48)18-20-50(52)54(45-29-37(5)23-38(6)30-45)46-31-39(7)24-40(8)32-46;2*1-2(3)4;/h9-32H,1-8H3;2*1H3,(H,3,4);/q;;;+2. The van der Waals surface area contributed by atoms with E-state index in [1.165, 1.54) is 109 Å². The number of carboxylic acids is 2. The molecule has 0 unspecified atom stereocenters. The molecule has 7 heteroatoms. The van der Waals surface area contributed by atoms with Gasteiger partial charge in [-0.25, -0.2) is 0 Å². The van der Waals surface area contributed by atoms with Crippen molar-refractivity contribution in [2.45, 2.75) is 69.2 Å². The molecule has 0 atom stereocenters. The molecule has 0 radical (unpaired) electrons. The summed E-state index contributed by atoms with van der Waals surface area (Å²) >= 11 is 0. The van der Waals surface area contributed by atoms with E-state index in [1.807, 2.05) is 0 Å². The van der Waals surface area contributed by atoms with Crippen molar-refractivity contribution in [3.8, 4) is 11.1 Å². The predicted molar refractivity (Wildman–Crippen MR) is 266 cm³/mol. The van der Waals surface area contributed by atoms with Crippen LogP contribution in [0.4, 0.5) is 0 Å². The zero-order valence-electron chi connectivity index (χ0n) is 37.8. The van der Waals surface area contributed by atoms with E-state index in [0.29, 0.717) is 0 Å². The molecule has 4 nitrogen and oxygen atoms in total. The summed E-state index contributed by atoms with van der Waals surface area (Å²) in [6.07, 6.45) is 0. The van der Waals surface area contributed by atoms with Gasteiger partial charge in [0.2, 0.25) is 0 Å². The molecule has 63 heavy (non-hydrogen) atoms. The van der Waals surface area contributed by atoms with Crippen LogP contribution in [0.3, 0.4) is 0 Å². The fourth-order valence-corrected chi connectivity index (χ4v) is 15.3. The molecule has 8 aromatic carbocycles. The monoisotopic (exact) mass is 956 g/mol. The number of carboxylic acid groups (broad SMARTS) is 2. The van der Waals surface area contributed by atoms with Gasteiger partial charge in [-0.3, -0.25) is 0 Å². The van der Waals surface area contributed by atoms with Gasteiger partial charge in [0.05, 0.1) is 15.8 Å². The van der Waals surface area contributed by atoms with E-state index < -0.39 is 27.8 Å². The number of aliphatic carboxylic acids is 2. The van der Waals surface area contributed by atoms with Crippen molar-refractivity contribution in [1.82, 2.24) is 0 Å². The van der Waals surface area contributed by atoms with Crippen LogP contribution in [0.25, 0.3) is 32.7 Å². The van der Waals surface area contributed by atoms with Crippen LogP contribution in [0.5, 0.6) is 0 Å². The number of hydrogen-bond donors (Lipinski definition) is 0. The van der Waals surface area contributed by atoms with Gasteiger partial charge in [-0.1, -0.05) is 84.9 Å². The van der Waals surface area contributed by atoms with E-state index in [0.717, 1.165) is 13.8 Å². The molecule has 0 bridgehead atoms. The first kappa shape index (κ1) is 48.7. The SMILES string of the molecule is CC(=O)[O-].CC(=O)[O-].Cc1cc(C)cc([PH+](c2cc(C)cc(C)c2)c2ccc3ccccc3c2-c2c([PH+](c3cc(C)cc(C)c3)c3cc(C)cc(C)c3)ccc3ccccc23)c1.[Ru+2]. The van der Waals surface area contributed by atoms with Crippen LogP contribution in [-0.2, 0) is 29.1 Å². The van der Waals surface area contributed by atoms with Gasteiger partial charge in [0.25, 0.3) is 0 Å². The van der Waals surface area contributed by atoms with Gasteiger partial charge < -0.3 is 19.8 Å². The van der Waals surface area contributed by atoms with Crippen LogP contribution in [0.2, 0.25) is 0 Å². The van der Waals surface area contributed by atoms with Gasteiger partial charge in [-0.05, 0) is 196 Å². The van der Waals surface area contributed by atoms with E-state index in [1.54, 1.807) is 0 Å². The molecule has 0 aliphatic carbocycles. The Hall–Kier alpha value is -5.30. The molecule has 0 amide bonds. The summed E-state index contributed by atoms with van der Waals surface area (Å²) in [6, 6.07) is 56.9. The first-order valence-electron chi connectivity index (χ1n) is 21.0. The molecule has 0 spiro atoms. The first-order chi connectivity index (χ1) is 29.5. The minimum Gasteiger partial charge on any atom is -0.550 e. The van der Waals surface area contributed by atoms with Crippen molar-refractivity contribution >= 4 is 81.2 Å². The first-order valence-corrected chi connectivity index (χ1v) is 24.0. The Bertz CT molecular complexity index is 2560. The number of hydrogen-bond acceptors (Lipinski definition) is 4. The fourth-order valence-electron chi connectivity index (χ4n) is 8.93. The zero-order chi connectivity index (χ0) is 44.8. The summed E-state index contributed by atoms with van der Waals surface area (Å²) in [7, 11) is -2.97. The number of carbonyl (C=O) groups is 2. The minimum atomic E-state index is -1.49. The van der Waals surface area contributed by atoms with E-state index in [9.17, 15) is 0 Å². The van der Waals surface area contributed by atoms with E-state index in [4.69, 9.17) is 19.8 Å². The molecule has 0 heterocycles. The molecule has 0 saturated carbocycles. The van der Waals surface area contributed by atoms with Crippen molar-refractivity contribution in [3.63, 3.8) is 0 Å². The number of benzene rings is 8. The number of aryl methyl sites for hydroxylation is 8. The second-order valence-electron chi connectivity index (χ2n) is 16.7. The molecule has 0 aliphatic rings. The molecule has 0 N–H and O–H groups in total. The Kier molecular flexibility index (Phi) is 16.5. The maximum Gasteiger partial charge on any atom is 2.00 e. The summed E-state index contributed by atoms with van der Waals surface area (Å²) in [5.74, 6) is -2.17. The minimum absolute atomic E-state index is 0. The average molecular weight is 956 g/mol. The Morgan fingerprint density at radius 3 is 0.825 bits per heavy atom. The third-order valence-electron chi connectivity index (χ3n) is 10.7. The predicted octanol–water partition coefficient (Wildman–Crippen LogP) is 8.62. The van der Waals surface area contributed by atoms with Gasteiger partial charge in [-0.15, -0.1) is 0 Å². The van der Waals surface area contributed by atoms with Gasteiger partial charge in [0.1, 0.15) is 31.8 Å². The van der Waals surface area contributed by atoms with E-state index in [-0.39, 0.29) is 19.5 Å². The van der Waals surface area contributed by atoms with Gasteiger partial charge in [0.15, 0.2) is 0 Å². The maximum absolute atomic E-state index is 8.89. The van der Waals surface area contributed by atoms with Crippen LogP contribution in [0.1, 0.15) is 58.4 Å². The quantitative estimate of drug-likeness (QED) is 0.119. The van der Waals surface area contributed by atoms with Gasteiger partial charge >= 0.3 is 19.5 Å². The van der Waals surface area contributed by atoms with Crippen molar-refractivity contribution in [2.75, 3.05) is 0 Å². The topological polar surface area (TPSA) is 80.3 Å². The van der Waals surface area contributed by atoms with Crippen LogP contribution in [0.15, 0.2) is 146 Å². The summed E-state index contributed by atoms with van der Waals surface area (Å²) in [6.45, 7) is 20.0. The Balaban J connectivity index is 0.000000768. The Morgan fingerprint density at radius 2 is 0.587 bits per heavy atom. The molecule has 320 valence electrons. The molecule has 0 fully saturated rings. The molecular weight excluding hydrogens is 900 g/mol. The summed E-state index contributed by atoms with van der Waals surface area (Å²) in [5, 5.41) is 31.7. The van der Waals surface area contributed by atoms with Crippen molar-refractivity contribution < 1.29 is 39.3 Å². The Morgan fingerprint density at radius 1 is 0.365 bits per heavy atom. The van der Waals surface area contributed by atoms with E-state index >= 15 is 0 Å². The van der Waals surface area contributed by atoms with Crippen molar-refractivity contribution in [2.24, 2.45) is 0 Å². The maximum atomic E-state index is 8.89. The molecule has 8 rings (SSSR count). The molecule has 0 saturated heterocycles. The third kappa shape index (κ3) is 12.0. The molecule has 8 aromatic rings. The number of rotatable bonds is 7. The molecule has 0 aromatic heterocycles. The van der Waals surface area contributed by atoms with Crippen LogP contribution < -0.4 is 42.0 Å².